The third-order valence-electron chi connectivity index (χ3n) is 1.99. The lowest BCUT2D eigenvalue weighted by molar-refractivity contribution is 0.0376. The van der Waals surface area contributed by atoms with Gasteiger partial charge in [0.25, 0.3) is 0 Å². The molecular formula is C9H20OS. The number of hydrogen-bond acceptors (Lipinski definition) is 2. The monoisotopic (exact) mass is 176 g/mol. The molecule has 0 saturated heterocycles. The number of hydrogen-bond donors (Lipinski definition) is 1. The van der Waals surface area contributed by atoms with Gasteiger partial charge in [-0.2, -0.15) is 11.8 Å². The summed E-state index contributed by atoms with van der Waals surface area (Å²) in [4.78, 5) is 0. The smallest absolute Gasteiger partial charge is 0.0732 e. The summed E-state index contributed by atoms with van der Waals surface area (Å²) in [5.74, 6) is 2.37. The van der Waals surface area contributed by atoms with Gasteiger partial charge in [-0.3, -0.25) is 0 Å². The molecule has 1 unspecified atom stereocenters. The van der Waals surface area contributed by atoms with Gasteiger partial charge in [0.1, 0.15) is 0 Å². The second-order valence-electron chi connectivity index (χ2n) is 3.56. The van der Waals surface area contributed by atoms with Crippen LogP contribution >= 0.6 is 11.8 Å². The van der Waals surface area contributed by atoms with E-state index in [-0.39, 0.29) is 0 Å². The van der Waals surface area contributed by atoms with Crippen LogP contribution in [0.3, 0.4) is 0 Å². The van der Waals surface area contributed by atoms with Crippen LogP contribution < -0.4 is 0 Å². The first-order valence-electron chi connectivity index (χ1n) is 4.30. The van der Waals surface area contributed by atoms with Gasteiger partial charge in [0, 0.05) is 5.75 Å². The summed E-state index contributed by atoms with van der Waals surface area (Å²) >= 11 is 1.84. The molecule has 0 aliphatic heterocycles. The van der Waals surface area contributed by atoms with Crippen molar-refractivity contribution in [3.05, 3.63) is 0 Å². The molecule has 0 radical (unpaired) electrons. The van der Waals surface area contributed by atoms with Gasteiger partial charge in [0.15, 0.2) is 0 Å². The van der Waals surface area contributed by atoms with Crippen molar-refractivity contribution in [1.82, 2.24) is 0 Å². The minimum atomic E-state index is -0.486. The first kappa shape index (κ1) is 11.3. The van der Waals surface area contributed by atoms with E-state index in [2.05, 4.69) is 20.8 Å². The van der Waals surface area contributed by atoms with Gasteiger partial charge >= 0.3 is 0 Å². The van der Waals surface area contributed by atoms with Gasteiger partial charge < -0.3 is 5.11 Å². The van der Waals surface area contributed by atoms with Gasteiger partial charge in [-0.05, 0) is 25.0 Å². The molecule has 0 aliphatic carbocycles. The summed E-state index contributed by atoms with van der Waals surface area (Å²) in [6.45, 7) is 8.20. The van der Waals surface area contributed by atoms with Crippen LogP contribution in [0.4, 0.5) is 0 Å². The summed E-state index contributed by atoms with van der Waals surface area (Å²) in [7, 11) is 0. The second kappa shape index (κ2) is 5.04. The fourth-order valence-electron chi connectivity index (χ4n) is 0.590. The van der Waals surface area contributed by atoms with Crippen molar-refractivity contribution in [2.75, 3.05) is 11.5 Å². The largest absolute Gasteiger partial charge is 0.389 e. The molecule has 0 saturated carbocycles. The summed E-state index contributed by atoms with van der Waals surface area (Å²) in [5.41, 5.74) is -0.486. The van der Waals surface area contributed by atoms with Gasteiger partial charge in [-0.15, -0.1) is 0 Å². The van der Waals surface area contributed by atoms with E-state index in [0.717, 1.165) is 11.5 Å². The molecule has 0 fully saturated rings. The summed E-state index contributed by atoms with van der Waals surface area (Å²) in [5, 5.41) is 9.80. The summed E-state index contributed by atoms with van der Waals surface area (Å²) < 4.78 is 0. The SMILES string of the molecule is CCCSCC(C)(O)C(C)C. The molecule has 0 heterocycles. The molecule has 0 aliphatic rings. The fourth-order valence-corrected chi connectivity index (χ4v) is 1.77. The molecule has 68 valence electrons. The molecule has 1 nitrogen and oxygen atoms in total. The zero-order valence-corrected chi connectivity index (χ0v) is 8.87. The van der Waals surface area contributed by atoms with E-state index >= 15 is 0 Å². The van der Waals surface area contributed by atoms with Gasteiger partial charge in [-0.25, -0.2) is 0 Å². The highest BCUT2D eigenvalue weighted by atomic mass is 32.2. The fraction of sp³-hybridized carbons (Fsp3) is 1.00. The minimum absolute atomic E-state index is 0.354. The molecule has 0 rings (SSSR count). The number of aliphatic hydroxyl groups is 1. The highest BCUT2D eigenvalue weighted by Gasteiger charge is 2.23. The standard InChI is InChI=1S/C9H20OS/c1-5-6-11-7-9(4,10)8(2)3/h8,10H,5-7H2,1-4H3. The maximum atomic E-state index is 9.80. The highest BCUT2D eigenvalue weighted by molar-refractivity contribution is 7.99. The molecule has 11 heavy (non-hydrogen) atoms. The van der Waals surface area contributed by atoms with Crippen molar-refractivity contribution in [3.63, 3.8) is 0 Å². The normalized spacial score (nSPS) is 16.9. The Morgan fingerprint density at radius 1 is 1.45 bits per heavy atom. The van der Waals surface area contributed by atoms with Gasteiger partial charge in [0.05, 0.1) is 5.60 Å². The van der Waals surface area contributed by atoms with E-state index in [1.54, 1.807) is 0 Å². The molecule has 0 bridgehead atoms. The van der Waals surface area contributed by atoms with Crippen LogP contribution in [0.1, 0.15) is 34.1 Å². The lowest BCUT2D eigenvalue weighted by Crippen LogP contribution is -2.33. The van der Waals surface area contributed by atoms with Crippen LogP contribution in [0.15, 0.2) is 0 Å². The molecule has 1 N–H and O–H groups in total. The lowest BCUT2D eigenvalue weighted by atomic mass is 9.95. The van der Waals surface area contributed by atoms with Crippen molar-refractivity contribution >= 4 is 11.8 Å². The molecule has 0 spiro atoms. The van der Waals surface area contributed by atoms with E-state index < -0.39 is 5.60 Å². The van der Waals surface area contributed by atoms with E-state index in [1.807, 2.05) is 18.7 Å². The maximum absolute atomic E-state index is 9.80. The molecule has 0 aromatic heterocycles. The topological polar surface area (TPSA) is 20.2 Å². The van der Waals surface area contributed by atoms with E-state index in [0.29, 0.717) is 5.92 Å². The Hall–Kier alpha value is 0.310. The van der Waals surface area contributed by atoms with Crippen LogP contribution in [-0.4, -0.2) is 22.2 Å². The Morgan fingerprint density at radius 3 is 2.36 bits per heavy atom. The summed E-state index contributed by atoms with van der Waals surface area (Å²) in [6, 6.07) is 0. The van der Waals surface area contributed by atoms with Crippen molar-refractivity contribution in [3.8, 4) is 0 Å². The van der Waals surface area contributed by atoms with Crippen LogP contribution in [-0.2, 0) is 0 Å². The third-order valence-corrected chi connectivity index (χ3v) is 3.47. The minimum Gasteiger partial charge on any atom is -0.389 e. The van der Waals surface area contributed by atoms with Crippen LogP contribution in [0.5, 0.6) is 0 Å². The van der Waals surface area contributed by atoms with E-state index in [1.165, 1.54) is 6.42 Å². The van der Waals surface area contributed by atoms with Gasteiger partial charge in [-0.1, -0.05) is 20.8 Å². The van der Waals surface area contributed by atoms with Crippen molar-refractivity contribution in [2.24, 2.45) is 5.92 Å². The Bertz CT molecular complexity index is 99.7. The quantitative estimate of drug-likeness (QED) is 0.650. The van der Waals surface area contributed by atoms with Crippen LogP contribution in [0, 0.1) is 5.92 Å². The Morgan fingerprint density at radius 2 is 2.00 bits per heavy atom. The lowest BCUT2D eigenvalue weighted by Gasteiger charge is -2.27. The Balaban J connectivity index is 3.55. The number of rotatable bonds is 5. The van der Waals surface area contributed by atoms with Crippen LogP contribution in [0.25, 0.3) is 0 Å². The van der Waals surface area contributed by atoms with Crippen molar-refractivity contribution in [1.29, 1.82) is 0 Å². The molecule has 2 heteroatoms. The molecule has 0 aromatic carbocycles. The second-order valence-corrected chi connectivity index (χ2v) is 4.67. The summed E-state index contributed by atoms with van der Waals surface area (Å²) in [6.07, 6.45) is 1.19. The maximum Gasteiger partial charge on any atom is 0.0732 e. The zero-order chi connectivity index (χ0) is 8.91. The molecule has 1 atom stereocenters. The highest BCUT2D eigenvalue weighted by Crippen LogP contribution is 2.21. The molecule has 0 amide bonds. The third kappa shape index (κ3) is 4.70. The van der Waals surface area contributed by atoms with Crippen molar-refractivity contribution < 1.29 is 5.11 Å². The first-order valence-corrected chi connectivity index (χ1v) is 5.46. The molecular weight excluding hydrogens is 156 g/mol. The average Bonchev–Trinajstić information content (AvgIpc) is 1.88. The predicted octanol–water partition coefficient (Wildman–Crippen LogP) is 2.54. The van der Waals surface area contributed by atoms with Crippen LogP contribution in [0.2, 0.25) is 0 Å². The van der Waals surface area contributed by atoms with E-state index in [9.17, 15) is 5.11 Å². The molecule has 0 aromatic rings. The average molecular weight is 176 g/mol. The Kier molecular flexibility index (Phi) is 5.19. The van der Waals surface area contributed by atoms with Crippen molar-refractivity contribution in [2.45, 2.75) is 39.7 Å². The predicted molar refractivity (Wildman–Crippen MR) is 53.1 cm³/mol. The van der Waals surface area contributed by atoms with Gasteiger partial charge in [0.2, 0.25) is 0 Å². The Labute approximate surface area is 74.6 Å². The first-order chi connectivity index (χ1) is 5.00. The van der Waals surface area contributed by atoms with E-state index in [4.69, 9.17) is 0 Å². The number of thioether (sulfide) groups is 1. The zero-order valence-electron chi connectivity index (χ0n) is 8.05.